The molecule has 0 bridgehead atoms. The minimum Gasteiger partial charge on any atom is -0.388 e. The summed E-state index contributed by atoms with van der Waals surface area (Å²) in [5.74, 6) is 0. The van der Waals surface area contributed by atoms with Crippen molar-refractivity contribution in [3.63, 3.8) is 0 Å². The van der Waals surface area contributed by atoms with Gasteiger partial charge in [-0.25, -0.2) is 0 Å². The molecule has 5 heteroatoms. The molecule has 0 unspecified atom stereocenters. The zero-order chi connectivity index (χ0) is 17.0. The molecule has 0 spiro atoms. The Hall–Kier alpha value is -1.69. The first-order valence-electron chi connectivity index (χ1n) is 8.65. The van der Waals surface area contributed by atoms with Crippen LogP contribution in [0.2, 0.25) is 0 Å². The first kappa shape index (κ1) is 17.1. The minimum absolute atomic E-state index is 0.596. The number of hydrogen-bond donors (Lipinski definition) is 2. The monoisotopic (exact) mass is 329 g/mol. The molecule has 1 aliphatic heterocycles. The van der Waals surface area contributed by atoms with E-state index in [1.54, 1.807) is 0 Å². The highest BCUT2D eigenvalue weighted by atomic mass is 16.5. The number of rotatable bonds is 6. The quantitative estimate of drug-likeness (QED) is 0.853. The van der Waals surface area contributed by atoms with Gasteiger partial charge in [-0.3, -0.25) is 4.68 Å². The Kier molecular flexibility index (Phi) is 5.33. The van der Waals surface area contributed by atoms with E-state index < -0.39 is 5.60 Å². The van der Waals surface area contributed by atoms with Gasteiger partial charge in [-0.05, 0) is 19.4 Å². The summed E-state index contributed by atoms with van der Waals surface area (Å²) in [4.78, 5) is 0. The molecule has 0 radical (unpaired) electrons. The van der Waals surface area contributed by atoms with Crippen molar-refractivity contribution in [1.29, 1.82) is 0 Å². The molecule has 0 saturated carbocycles. The summed E-state index contributed by atoms with van der Waals surface area (Å²) in [5, 5.41) is 18.6. The minimum atomic E-state index is -0.639. The van der Waals surface area contributed by atoms with Gasteiger partial charge in [0, 0.05) is 50.4 Å². The van der Waals surface area contributed by atoms with Crippen LogP contribution in [0.25, 0.3) is 0 Å². The summed E-state index contributed by atoms with van der Waals surface area (Å²) in [5.41, 5.74) is 4.07. The van der Waals surface area contributed by atoms with Crippen LogP contribution in [0.1, 0.15) is 35.4 Å². The number of aryl methyl sites for hydroxylation is 1. The van der Waals surface area contributed by atoms with Crippen molar-refractivity contribution in [2.75, 3.05) is 19.8 Å². The molecular weight excluding hydrogens is 302 g/mol. The van der Waals surface area contributed by atoms with E-state index in [1.165, 1.54) is 16.8 Å². The van der Waals surface area contributed by atoms with Gasteiger partial charge in [0.05, 0.1) is 17.8 Å². The molecule has 1 aromatic heterocycles. The van der Waals surface area contributed by atoms with Gasteiger partial charge in [0.15, 0.2) is 0 Å². The molecule has 2 N–H and O–H groups in total. The van der Waals surface area contributed by atoms with Crippen molar-refractivity contribution in [3.8, 4) is 0 Å². The third kappa shape index (κ3) is 4.04. The Morgan fingerprint density at radius 1 is 1.21 bits per heavy atom. The van der Waals surface area contributed by atoms with Crippen LogP contribution in [-0.2, 0) is 17.8 Å². The van der Waals surface area contributed by atoms with Crippen molar-refractivity contribution in [2.24, 2.45) is 0 Å². The lowest BCUT2D eigenvalue weighted by Gasteiger charge is -2.32. The van der Waals surface area contributed by atoms with E-state index >= 15 is 0 Å². The third-order valence-corrected chi connectivity index (χ3v) is 4.89. The first-order chi connectivity index (χ1) is 11.6. The second-order valence-corrected chi connectivity index (χ2v) is 6.73. The van der Waals surface area contributed by atoms with E-state index in [1.807, 2.05) is 6.07 Å². The number of ether oxygens (including phenoxy) is 1. The summed E-state index contributed by atoms with van der Waals surface area (Å²) in [7, 11) is 0. The lowest BCUT2D eigenvalue weighted by Crippen LogP contribution is -2.44. The predicted molar refractivity (Wildman–Crippen MR) is 94.0 cm³/mol. The number of hydrogen-bond acceptors (Lipinski definition) is 4. The molecule has 0 aliphatic carbocycles. The fraction of sp³-hybridized carbons (Fsp3) is 0.526. The molecule has 1 aliphatic rings. The fourth-order valence-electron chi connectivity index (χ4n) is 3.25. The molecule has 0 amide bonds. The van der Waals surface area contributed by atoms with Crippen LogP contribution >= 0.6 is 0 Å². The van der Waals surface area contributed by atoms with Gasteiger partial charge in [-0.1, -0.05) is 30.3 Å². The number of aromatic nitrogens is 2. The van der Waals surface area contributed by atoms with Crippen LogP contribution in [0.4, 0.5) is 0 Å². The van der Waals surface area contributed by atoms with Crippen LogP contribution in [0.3, 0.4) is 0 Å². The smallest absolute Gasteiger partial charge is 0.0815 e. The van der Waals surface area contributed by atoms with Crippen LogP contribution < -0.4 is 5.32 Å². The van der Waals surface area contributed by atoms with E-state index in [2.05, 4.69) is 53.2 Å². The molecule has 130 valence electrons. The summed E-state index contributed by atoms with van der Waals surface area (Å²) in [6, 6.07) is 10.4. The maximum atomic E-state index is 10.5. The summed E-state index contributed by atoms with van der Waals surface area (Å²) in [6.45, 7) is 7.57. The van der Waals surface area contributed by atoms with Crippen LogP contribution in [-0.4, -0.2) is 40.2 Å². The SMILES string of the molecule is Cc1nn(Cc2ccccc2)c(C)c1CNCC1(O)CCOCC1. The van der Waals surface area contributed by atoms with Gasteiger partial charge in [0.2, 0.25) is 0 Å². The van der Waals surface area contributed by atoms with Crippen molar-refractivity contribution in [2.45, 2.75) is 45.4 Å². The molecule has 2 heterocycles. The summed E-state index contributed by atoms with van der Waals surface area (Å²) < 4.78 is 7.39. The van der Waals surface area contributed by atoms with Crippen molar-refractivity contribution < 1.29 is 9.84 Å². The lowest BCUT2D eigenvalue weighted by atomic mass is 9.94. The first-order valence-corrected chi connectivity index (χ1v) is 8.65. The number of nitrogens with one attached hydrogen (secondary N) is 1. The van der Waals surface area contributed by atoms with E-state index in [-0.39, 0.29) is 0 Å². The van der Waals surface area contributed by atoms with Gasteiger partial charge in [0.25, 0.3) is 0 Å². The molecule has 1 saturated heterocycles. The highest BCUT2D eigenvalue weighted by molar-refractivity contribution is 5.26. The highest BCUT2D eigenvalue weighted by Crippen LogP contribution is 2.20. The Labute approximate surface area is 143 Å². The second kappa shape index (κ2) is 7.47. The second-order valence-electron chi connectivity index (χ2n) is 6.73. The van der Waals surface area contributed by atoms with E-state index in [0.717, 1.165) is 18.8 Å². The molecular formula is C19H27N3O2. The summed E-state index contributed by atoms with van der Waals surface area (Å²) >= 11 is 0. The molecule has 0 atom stereocenters. The van der Waals surface area contributed by atoms with Crippen LogP contribution in [0.15, 0.2) is 30.3 Å². The zero-order valence-corrected chi connectivity index (χ0v) is 14.6. The largest absolute Gasteiger partial charge is 0.388 e. The Bertz CT molecular complexity index is 661. The Morgan fingerprint density at radius 3 is 2.62 bits per heavy atom. The molecule has 5 nitrogen and oxygen atoms in total. The third-order valence-electron chi connectivity index (χ3n) is 4.89. The van der Waals surface area contributed by atoms with Gasteiger partial charge in [-0.2, -0.15) is 5.10 Å². The predicted octanol–water partition coefficient (Wildman–Crippen LogP) is 2.18. The van der Waals surface area contributed by atoms with Crippen LogP contribution in [0.5, 0.6) is 0 Å². The van der Waals surface area contributed by atoms with Gasteiger partial charge < -0.3 is 15.2 Å². The lowest BCUT2D eigenvalue weighted by molar-refractivity contribution is -0.0617. The van der Waals surface area contributed by atoms with Crippen molar-refractivity contribution >= 4 is 0 Å². The topological polar surface area (TPSA) is 59.3 Å². The zero-order valence-electron chi connectivity index (χ0n) is 14.6. The van der Waals surface area contributed by atoms with Crippen LogP contribution in [0, 0.1) is 13.8 Å². The molecule has 24 heavy (non-hydrogen) atoms. The number of aliphatic hydroxyl groups is 1. The van der Waals surface area contributed by atoms with Crippen molar-refractivity contribution in [1.82, 2.24) is 15.1 Å². The normalized spacial score (nSPS) is 17.1. The molecule has 1 aromatic carbocycles. The number of benzene rings is 1. The van der Waals surface area contributed by atoms with E-state index in [4.69, 9.17) is 4.74 Å². The Balaban J connectivity index is 1.61. The van der Waals surface area contributed by atoms with Gasteiger partial charge >= 0.3 is 0 Å². The Morgan fingerprint density at radius 2 is 1.92 bits per heavy atom. The summed E-state index contributed by atoms with van der Waals surface area (Å²) in [6.07, 6.45) is 1.40. The van der Waals surface area contributed by atoms with Gasteiger partial charge in [0.1, 0.15) is 0 Å². The van der Waals surface area contributed by atoms with Gasteiger partial charge in [-0.15, -0.1) is 0 Å². The van der Waals surface area contributed by atoms with E-state index in [0.29, 0.717) is 32.6 Å². The average molecular weight is 329 g/mol. The highest BCUT2D eigenvalue weighted by Gasteiger charge is 2.29. The molecule has 3 rings (SSSR count). The molecule has 1 fully saturated rings. The number of nitrogens with zero attached hydrogens (tertiary/aromatic N) is 2. The average Bonchev–Trinajstić information content (AvgIpc) is 2.84. The van der Waals surface area contributed by atoms with E-state index in [9.17, 15) is 5.11 Å². The van der Waals surface area contributed by atoms with Crippen molar-refractivity contribution in [3.05, 3.63) is 52.8 Å². The maximum absolute atomic E-state index is 10.5. The fourth-order valence-corrected chi connectivity index (χ4v) is 3.25. The molecule has 2 aromatic rings. The maximum Gasteiger partial charge on any atom is 0.0815 e. The standard InChI is InChI=1S/C19H27N3O2/c1-15-18(12-20-14-19(23)8-10-24-11-9-19)16(2)22(21-15)13-17-6-4-3-5-7-17/h3-7,20,23H,8-14H2,1-2H3.